The van der Waals surface area contributed by atoms with Crippen LogP contribution in [0.3, 0.4) is 0 Å². The molecule has 3 rings (SSSR count). The predicted octanol–water partition coefficient (Wildman–Crippen LogP) is 3.42. The minimum absolute atomic E-state index is 0.0431. The molecule has 1 amide bonds. The lowest BCUT2D eigenvalue weighted by Crippen LogP contribution is -2.27. The SMILES string of the molecule is CC(NC(=O)c1ccccc1O)c1cc2c(cc1Br)OCCO2. The highest BCUT2D eigenvalue weighted by molar-refractivity contribution is 9.10. The maximum absolute atomic E-state index is 12.3. The molecule has 0 radical (unpaired) electrons. The fourth-order valence-electron chi connectivity index (χ4n) is 2.43. The molecule has 1 unspecified atom stereocenters. The van der Waals surface area contributed by atoms with E-state index in [4.69, 9.17) is 9.47 Å². The number of hydrogen-bond donors (Lipinski definition) is 2. The smallest absolute Gasteiger partial charge is 0.255 e. The molecular weight excluding hydrogens is 362 g/mol. The number of halogens is 1. The quantitative estimate of drug-likeness (QED) is 0.859. The largest absolute Gasteiger partial charge is 0.507 e. The molecular formula is C17H16BrNO4. The molecule has 23 heavy (non-hydrogen) atoms. The monoisotopic (exact) mass is 377 g/mol. The highest BCUT2D eigenvalue weighted by Gasteiger charge is 2.20. The van der Waals surface area contributed by atoms with Crippen molar-refractivity contribution in [3.8, 4) is 17.2 Å². The summed E-state index contributed by atoms with van der Waals surface area (Å²) in [6.07, 6.45) is 0. The molecule has 0 saturated heterocycles. The van der Waals surface area contributed by atoms with Gasteiger partial charge in [-0.25, -0.2) is 0 Å². The number of carbonyl (C=O) groups is 1. The molecule has 2 aromatic rings. The van der Waals surface area contributed by atoms with Crippen LogP contribution in [0.1, 0.15) is 28.9 Å². The van der Waals surface area contributed by atoms with Gasteiger partial charge >= 0.3 is 0 Å². The zero-order chi connectivity index (χ0) is 16.4. The molecule has 120 valence electrons. The van der Waals surface area contributed by atoms with Gasteiger partial charge in [0.2, 0.25) is 0 Å². The molecule has 2 N–H and O–H groups in total. The first-order chi connectivity index (χ1) is 11.1. The van der Waals surface area contributed by atoms with E-state index in [9.17, 15) is 9.90 Å². The van der Waals surface area contributed by atoms with Crippen molar-refractivity contribution >= 4 is 21.8 Å². The maximum atomic E-state index is 12.3. The third kappa shape index (κ3) is 3.27. The summed E-state index contributed by atoms with van der Waals surface area (Å²) in [5.74, 6) is 0.972. The van der Waals surface area contributed by atoms with E-state index in [0.717, 1.165) is 10.0 Å². The van der Waals surface area contributed by atoms with E-state index in [1.54, 1.807) is 18.2 Å². The Morgan fingerprint density at radius 3 is 2.57 bits per heavy atom. The fraction of sp³-hybridized carbons (Fsp3) is 0.235. The molecule has 6 heteroatoms. The summed E-state index contributed by atoms with van der Waals surface area (Å²) in [4.78, 5) is 12.3. The van der Waals surface area contributed by atoms with Crippen molar-refractivity contribution in [2.45, 2.75) is 13.0 Å². The predicted molar refractivity (Wildman–Crippen MR) is 89.1 cm³/mol. The molecule has 0 saturated carbocycles. The summed E-state index contributed by atoms with van der Waals surface area (Å²) in [6, 6.07) is 9.87. The van der Waals surface area contributed by atoms with Gasteiger partial charge in [-0.05, 0) is 36.8 Å². The Bertz CT molecular complexity index is 747. The second-order valence-corrected chi connectivity index (χ2v) is 6.08. The summed E-state index contributed by atoms with van der Waals surface area (Å²) in [7, 11) is 0. The van der Waals surface area contributed by atoms with Crippen molar-refractivity contribution in [3.63, 3.8) is 0 Å². The van der Waals surface area contributed by atoms with Crippen molar-refractivity contribution in [1.82, 2.24) is 5.32 Å². The number of amides is 1. The van der Waals surface area contributed by atoms with Gasteiger partial charge in [0, 0.05) is 4.47 Å². The normalized spacial score (nSPS) is 14.2. The van der Waals surface area contributed by atoms with Crippen LogP contribution in [-0.2, 0) is 0 Å². The number of para-hydroxylation sites is 1. The average Bonchev–Trinajstić information content (AvgIpc) is 2.54. The van der Waals surface area contributed by atoms with E-state index in [-0.39, 0.29) is 23.3 Å². The van der Waals surface area contributed by atoms with E-state index in [1.165, 1.54) is 6.07 Å². The number of phenols is 1. The highest BCUT2D eigenvalue weighted by atomic mass is 79.9. The van der Waals surface area contributed by atoms with Crippen LogP contribution in [0.5, 0.6) is 17.2 Å². The van der Waals surface area contributed by atoms with E-state index in [0.29, 0.717) is 24.7 Å². The molecule has 5 nitrogen and oxygen atoms in total. The highest BCUT2D eigenvalue weighted by Crippen LogP contribution is 2.37. The summed E-state index contributed by atoms with van der Waals surface area (Å²) < 4.78 is 11.9. The van der Waals surface area contributed by atoms with E-state index in [2.05, 4.69) is 21.2 Å². The van der Waals surface area contributed by atoms with Gasteiger partial charge in [-0.15, -0.1) is 0 Å². The third-order valence-corrected chi connectivity index (χ3v) is 4.31. The van der Waals surface area contributed by atoms with E-state index in [1.807, 2.05) is 19.1 Å². The molecule has 0 spiro atoms. The number of nitrogens with one attached hydrogen (secondary N) is 1. The zero-order valence-electron chi connectivity index (χ0n) is 12.5. The first-order valence-corrected chi connectivity index (χ1v) is 8.03. The minimum Gasteiger partial charge on any atom is -0.507 e. The number of rotatable bonds is 3. The molecule has 1 aliphatic heterocycles. The topological polar surface area (TPSA) is 67.8 Å². The minimum atomic E-state index is -0.336. The zero-order valence-corrected chi connectivity index (χ0v) is 14.1. The molecule has 2 aromatic carbocycles. The van der Waals surface area contributed by atoms with E-state index < -0.39 is 0 Å². The van der Waals surface area contributed by atoms with Crippen molar-refractivity contribution in [2.24, 2.45) is 0 Å². The van der Waals surface area contributed by atoms with Crippen molar-refractivity contribution < 1.29 is 19.4 Å². The molecule has 1 heterocycles. The van der Waals surface area contributed by atoms with E-state index >= 15 is 0 Å². The first-order valence-electron chi connectivity index (χ1n) is 7.24. The first kappa shape index (κ1) is 15.7. The van der Waals surface area contributed by atoms with Gasteiger partial charge in [-0.3, -0.25) is 4.79 Å². The van der Waals surface area contributed by atoms with Crippen LogP contribution in [0, 0.1) is 0 Å². The molecule has 1 atom stereocenters. The van der Waals surface area contributed by atoms with Gasteiger partial charge in [0.25, 0.3) is 5.91 Å². The van der Waals surface area contributed by atoms with Crippen molar-refractivity contribution in [3.05, 3.63) is 52.0 Å². The summed E-state index contributed by atoms with van der Waals surface area (Å²) >= 11 is 3.50. The molecule has 0 aromatic heterocycles. The van der Waals surface area contributed by atoms with Gasteiger partial charge in [-0.2, -0.15) is 0 Å². The van der Waals surface area contributed by atoms with Crippen molar-refractivity contribution in [1.29, 1.82) is 0 Å². The maximum Gasteiger partial charge on any atom is 0.255 e. The van der Waals surface area contributed by atoms with Gasteiger partial charge < -0.3 is 19.9 Å². The number of aromatic hydroxyl groups is 1. The average molecular weight is 378 g/mol. The van der Waals surface area contributed by atoms with Crippen LogP contribution in [0.2, 0.25) is 0 Å². The van der Waals surface area contributed by atoms with Crippen LogP contribution in [-0.4, -0.2) is 24.2 Å². The number of ether oxygens (including phenoxy) is 2. The molecule has 0 fully saturated rings. The lowest BCUT2D eigenvalue weighted by molar-refractivity contribution is 0.0937. The van der Waals surface area contributed by atoms with Crippen molar-refractivity contribution in [2.75, 3.05) is 13.2 Å². The second kappa shape index (κ2) is 6.50. The molecule has 0 bridgehead atoms. The Kier molecular flexibility index (Phi) is 4.43. The number of benzene rings is 2. The van der Waals surface area contributed by atoms with Gasteiger partial charge in [0.05, 0.1) is 11.6 Å². The Labute approximate surface area is 142 Å². The summed E-state index contributed by atoms with van der Waals surface area (Å²) in [6.45, 7) is 2.90. The summed E-state index contributed by atoms with van der Waals surface area (Å²) in [5, 5.41) is 12.6. The molecule has 0 aliphatic carbocycles. The van der Waals surface area contributed by atoms with Gasteiger partial charge in [-0.1, -0.05) is 28.1 Å². The summed E-state index contributed by atoms with van der Waals surface area (Å²) in [5.41, 5.74) is 1.12. The second-order valence-electron chi connectivity index (χ2n) is 5.23. The van der Waals surface area contributed by atoms with Crippen LogP contribution < -0.4 is 14.8 Å². The van der Waals surface area contributed by atoms with Crippen LogP contribution in [0.25, 0.3) is 0 Å². The Morgan fingerprint density at radius 1 is 1.22 bits per heavy atom. The Morgan fingerprint density at radius 2 is 1.87 bits per heavy atom. The fourth-order valence-corrected chi connectivity index (χ4v) is 3.10. The number of carbonyl (C=O) groups excluding carboxylic acids is 1. The van der Waals surface area contributed by atoms with Gasteiger partial charge in [0.15, 0.2) is 11.5 Å². The van der Waals surface area contributed by atoms with Crippen LogP contribution in [0.15, 0.2) is 40.9 Å². The Balaban J connectivity index is 1.82. The lowest BCUT2D eigenvalue weighted by Gasteiger charge is -2.22. The number of phenolic OH excluding ortho intramolecular Hbond substituents is 1. The molecule has 1 aliphatic rings. The van der Waals surface area contributed by atoms with Crippen LogP contribution in [0.4, 0.5) is 0 Å². The van der Waals surface area contributed by atoms with Gasteiger partial charge in [0.1, 0.15) is 19.0 Å². The standard InChI is InChI=1S/C17H16BrNO4/c1-10(19-17(21)11-4-2-3-5-14(11)20)12-8-15-16(9-13(12)18)23-7-6-22-15/h2-5,8-10,20H,6-7H2,1H3,(H,19,21). The number of fused-ring (bicyclic) bond motifs is 1. The third-order valence-electron chi connectivity index (χ3n) is 3.62. The van der Waals surface area contributed by atoms with Crippen LogP contribution >= 0.6 is 15.9 Å². The lowest BCUT2D eigenvalue weighted by atomic mass is 10.1. The Hall–Kier alpha value is -2.21. The number of hydrogen-bond acceptors (Lipinski definition) is 4.